The molecular weight excluding hydrogens is 570 g/mol. The second kappa shape index (κ2) is 11.5. The van der Waals surface area contributed by atoms with Crippen molar-refractivity contribution >= 4 is 33.1 Å². The second-order valence-corrected chi connectivity index (χ2v) is 11.5. The van der Waals surface area contributed by atoms with Crippen LogP contribution in [0.15, 0.2) is 158 Å². The van der Waals surface area contributed by atoms with Crippen molar-refractivity contribution in [2.24, 2.45) is 0 Å². The first-order chi connectivity index (χ1) is 22.2. The van der Waals surface area contributed by atoms with Crippen LogP contribution in [0.1, 0.15) is 0 Å². The fraction of sp³-hybridized carbons (Fsp3) is 0. The molecule has 0 aliphatic heterocycles. The third kappa shape index (κ3) is 5.24. The van der Waals surface area contributed by atoms with Crippen molar-refractivity contribution < 1.29 is 0 Å². The zero-order valence-corrected chi connectivity index (χ0v) is 25.0. The molecule has 0 atom stereocenters. The quantitative estimate of drug-likeness (QED) is 0.199. The van der Waals surface area contributed by atoms with Gasteiger partial charge in [0.25, 0.3) is 0 Å². The van der Waals surface area contributed by atoms with Crippen LogP contribution >= 0.6 is 11.6 Å². The molecule has 0 saturated heterocycles. The maximum Gasteiger partial charge on any atom is 0.164 e. The van der Waals surface area contributed by atoms with Crippen LogP contribution in [0, 0.1) is 0 Å². The van der Waals surface area contributed by atoms with Crippen molar-refractivity contribution in [2.75, 3.05) is 0 Å². The van der Waals surface area contributed by atoms with Crippen LogP contribution in [-0.2, 0) is 0 Å². The highest BCUT2D eigenvalue weighted by molar-refractivity contribution is 6.30. The van der Waals surface area contributed by atoms with Crippen LogP contribution in [0.2, 0.25) is 5.02 Å². The van der Waals surface area contributed by atoms with Gasteiger partial charge in [-0.3, -0.25) is 0 Å². The van der Waals surface area contributed by atoms with Gasteiger partial charge in [0.05, 0.1) is 0 Å². The Hall–Kier alpha value is -5.64. The lowest BCUT2D eigenvalue weighted by molar-refractivity contribution is 1.08. The minimum Gasteiger partial charge on any atom is -0.208 e. The van der Waals surface area contributed by atoms with Crippen LogP contribution in [0.5, 0.6) is 0 Å². The average Bonchev–Trinajstić information content (AvgIpc) is 3.11. The van der Waals surface area contributed by atoms with Crippen LogP contribution < -0.4 is 0 Å². The van der Waals surface area contributed by atoms with E-state index in [1.54, 1.807) is 0 Å². The predicted molar refractivity (Wildman–Crippen MR) is 187 cm³/mol. The van der Waals surface area contributed by atoms with Crippen molar-refractivity contribution in [3.05, 3.63) is 163 Å². The lowest BCUT2D eigenvalue weighted by atomic mass is 9.98. The van der Waals surface area contributed by atoms with Gasteiger partial charge in [0, 0.05) is 21.7 Å². The highest BCUT2D eigenvalue weighted by Gasteiger charge is 2.16. The zero-order chi connectivity index (χ0) is 30.2. The summed E-state index contributed by atoms with van der Waals surface area (Å²) in [7, 11) is 0. The topological polar surface area (TPSA) is 38.7 Å². The van der Waals surface area contributed by atoms with Gasteiger partial charge in [0.15, 0.2) is 17.5 Å². The van der Waals surface area contributed by atoms with Crippen molar-refractivity contribution in [1.29, 1.82) is 0 Å². The van der Waals surface area contributed by atoms with Gasteiger partial charge in [-0.2, -0.15) is 0 Å². The first kappa shape index (κ1) is 26.9. The molecule has 0 bridgehead atoms. The molecule has 45 heavy (non-hydrogen) atoms. The van der Waals surface area contributed by atoms with Crippen LogP contribution in [-0.4, -0.2) is 15.0 Å². The fourth-order valence-corrected chi connectivity index (χ4v) is 6.16. The highest BCUT2D eigenvalue weighted by atomic mass is 35.5. The number of hydrogen-bond acceptors (Lipinski definition) is 3. The first-order valence-corrected chi connectivity index (χ1v) is 15.3. The first-order valence-electron chi connectivity index (χ1n) is 14.9. The van der Waals surface area contributed by atoms with Gasteiger partial charge in [0.1, 0.15) is 0 Å². The molecule has 3 nitrogen and oxygen atoms in total. The monoisotopic (exact) mass is 595 g/mol. The average molecular weight is 596 g/mol. The summed E-state index contributed by atoms with van der Waals surface area (Å²) < 4.78 is 0. The highest BCUT2D eigenvalue weighted by Crippen LogP contribution is 2.34. The smallest absolute Gasteiger partial charge is 0.164 e. The molecule has 0 aliphatic rings. The molecule has 0 amide bonds. The van der Waals surface area contributed by atoms with Crippen LogP contribution in [0.25, 0.3) is 78.0 Å². The molecule has 0 saturated carbocycles. The molecule has 0 unspecified atom stereocenters. The summed E-state index contributed by atoms with van der Waals surface area (Å²) in [5.41, 5.74) is 7.25. The van der Waals surface area contributed by atoms with Crippen LogP contribution in [0.4, 0.5) is 0 Å². The van der Waals surface area contributed by atoms with Crippen molar-refractivity contribution in [3.8, 4) is 56.4 Å². The van der Waals surface area contributed by atoms with E-state index in [0.717, 1.165) is 65.5 Å². The second-order valence-electron chi connectivity index (χ2n) is 11.0. The van der Waals surface area contributed by atoms with E-state index in [1.165, 1.54) is 0 Å². The third-order valence-corrected chi connectivity index (χ3v) is 8.41. The van der Waals surface area contributed by atoms with Crippen molar-refractivity contribution in [3.63, 3.8) is 0 Å². The number of hydrogen-bond donors (Lipinski definition) is 0. The Labute approximate surface area is 266 Å². The summed E-state index contributed by atoms with van der Waals surface area (Å²) in [6, 6.07) is 54.1. The molecule has 0 N–H and O–H groups in total. The van der Waals surface area contributed by atoms with Gasteiger partial charge >= 0.3 is 0 Å². The Bertz CT molecular complexity index is 2250. The molecule has 212 valence electrons. The lowest BCUT2D eigenvalue weighted by Gasteiger charge is -2.12. The minimum absolute atomic E-state index is 0.628. The van der Waals surface area contributed by atoms with Gasteiger partial charge in [-0.15, -0.1) is 0 Å². The Morgan fingerprint density at radius 1 is 0.333 bits per heavy atom. The molecular formula is C41H26ClN3. The Morgan fingerprint density at radius 3 is 1.29 bits per heavy atom. The van der Waals surface area contributed by atoms with E-state index in [-0.39, 0.29) is 0 Å². The number of halogens is 1. The fourth-order valence-electron chi connectivity index (χ4n) is 5.97. The van der Waals surface area contributed by atoms with E-state index in [0.29, 0.717) is 17.5 Å². The number of nitrogens with zero attached hydrogens (tertiary/aromatic N) is 3. The minimum atomic E-state index is 0.628. The Kier molecular flexibility index (Phi) is 6.86. The van der Waals surface area contributed by atoms with Gasteiger partial charge in [-0.25, -0.2) is 15.0 Å². The SMILES string of the molecule is Clc1cccc(-c2cccc(-c3cccc(-c4nc(-c5cccc6ccccc56)nc(-c5cccc6ccccc56)n4)c3)c2)c1. The summed E-state index contributed by atoms with van der Waals surface area (Å²) in [4.78, 5) is 15.3. The molecule has 4 heteroatoms. The summed E-state index contributed by atoms with van der Waals surface area (Å²) in [6.07, 6.45) is 0. The summed E-state index contributed by atoms with van der Waals surface area (Å²) in [6.45, 7) is 0. The molecule has 0 radical (unpaired) electrons. The molecule has 7 aromatic carbocycles. The summed E-state index contributed by atoms with van der Waals surface area (Å²) in [5.74, 6) is 1.92. The van der Waals surface area contributed by atoms with Crippen molar-refractivity contribution in [1.82, 2.24) is 15.0 Å². The number of fused-ring (bicyclic) bond motifs is 2. The van der Waals surface area contributed by atoms with E-state index in [9.17, 15) is 0 Å². The van der Waals surface area contributed by atoms with E-state index < -0.39 is 0 Å². The maximum atomic E-state index is 6.30. The molecule has 0 aliphatic carbocycles. The van der Waals surface area contributed by atoms with Gasteiger partial charge in [0.2, 0.25) is 0 Å². The molecule has 8 rings (SSSR count). The van der Waals surface area contributed by atoms with Crippen molar-refractivity contribution in [2.45, 2.75) is 0 Å². The summed E-state index contributed by atoms with van der Waals surface area (Å²) >= 11 is 6.30. The number of rotatable bonds is 5. The Morgan fingerprint density at radius 2 is 0.733 bits per heavy atom. The number of benzene rings is 7. The molecule has 8 aromatic rings. The lowest BCUT2D eigenvalue weighted by Crippen LogP contribution is -2.01. The summed E-state index contributed by atoms with van der Waals surface area (Å²) in [5, 5.41) is 5.22. The normalized spacial score (nSPS) is 11.2. The largest absolute Gasteiger partial charge is 0.208 e. The number of aromatic nitrogens is 3. The predicted octanol–water partition coefficient (Wildman–Crippen LogP) is 11.2. The van der Waals surface area contributed by atoms with E-state index in [4.69, 9.17) is 26.6 Å². The van der Waals surface area contributed by atoms with E-state index >= 15 is 0 Å². The Balaban J connectivity index is 1.30. The molecule has 1 aromatic heterocycles. The molecule has 0 spiro atoms. The van der Waals surface area contributed by atoms with Gasteiger partial charge < -0.3 is 0 Å². The van der Waals surface area contributed by atoms with Gasteiger partial charge in [-0.1, -0.05) is 145 Å². The van der Waals surface area contributed by atoms with Gasteiger partial charge in [-0.05, 0) is 68.1 Å². The molecule has 1 heterocycles. The maximum absolute atomic E-state index is 6.30. The standard InChI is InChI=1S/C41H26ClN3/c42-34-19-7-17-32(26-34)30-15-5-14-29(24-30)31-16-6-18-33(25-31)39-43-40(37-22-8-12-27-10-1-3-20-35(27)37)45-41(44-39)38-23-9-13-28-11-2-4-21-36(28)38/h1-26H. The van der Waals surface area contributed by atoms with E-state index in [1.807, 2.05) is 18.2 Å². The van der Waals surface area contributed by atoms with E-state index in [2.05, 4.69) is 140 Å². The zero-order valence-electron chi connectivity index (χ0n) is 24.2. The van der Waals surface area contributed by atoms with Crippen LogP contribution in [0.3, 0.4) is 0 Å². The molecule has 0 fully saturated rings. The third-order valence-electron chi connectivity index (χ3n) is 8.17.